The third kappa shape index (κ3) is 3.59. The highest BCUT2D eigenvalue weighted by Crippen LogP contribution is 2.30. The largest absolute Gasteiger partial charge is 0.369 e. The van der Waals surface area contributed by atoms with Crippen LogP contribution in [0.5, 0.6) is 0 Å². The summed E-state index contributed by atoms with van der Waals surface area (Å²) in [4.78, 5) is 11.4. The summed E-state index contributed by atoms with van der Waals surface area (Å²) in [6.07, 6.45) is 9.87. The molecule has 4 nitrogen and oxygen atoms in total. The molecule has 1 aromatic rings. The van der Waals surface area contributed by atoms with Crippen molar-refractivity contribution in [3.63, 3.8) is 0 Å². The molecule has 0 unspecified atom stereocenters. The van der Waals surface area contributed by atoms with Gasteiger partial charge in [-0.2, -0.15) is 0 Å². The molecule has 0 spiro atoms. The maximum absolute atomic E-state index is 4.68. The molecule has 0 aliphatic heterocycles. The minimum atomic E-state index is 0.701. The SMILES string of the molecule is CCCCN(c1cncc(NCCC)n1)C1CC1. The lowest BCUT2D eigenvalue weighted by molar-refractivity contribution is 0.703. The topological polar surface area (TPSA) is 41.1 Å². The molecule has 1 fully saturated rings. The van der Waals surface area contributed by atoms with Gasteiger partial charge in [-0.15, -0.1) is 0 Å². The summed E-state index contributed by atoms with van der Waals surface area (Å²) in [6.45, 7) is 6.45. The molecule has 1 saturated carbocycles. The molecule has 0 radical (unpaired) electrons. The minimum Gasteiger partial charge on any atom is -0.369 e. The van der Waals surface area contributed by atoms with Crippen LogP contribution in [-0.2, 0) is 0 Å². The normalized spacial score (nSPS) is 14.6. The summed E-state index contributed by atoms with van der Waals surface area (Å²) in [5, 5.41) is 3.30. The van der Waals surface area contributed by atoms with E-state index in [-0.39, 0.29) is 0 Å². The van der Waals surface area contributed by atoms with Crippen LogP contribution in [0.4, 0.5) is 11.6 Å². The second-order valence-electron chi connectivity index (χ2n) is 4.97. The number of aromatic nitrogens is 2. The molecule has 100 valence electrons. The molecule has 0 bridgehead atoms. The molecular formula is C14H24N4. The zero-order chi connectivity index (χ0) is 12.8. The highest BCUT2D eigenvalue weighted by atomic mass is 15.2. The van der Waals surface area contributed by atoms with Crippen molar-refractivity contribution in [2.75, 3.05) is 23.3 Å². The van der Waals surface area contributed by atoms with Crippen molar-refractivity contribution in [2.24, 2.45) is 0 Å². The highest BCUT2D eigenvalue weighted by Gasteiger charge is 2.29. The number of unbranched alkanes of at least 4 members (excludes halogenated alkanes) is 1. The van der Waals surface area contributed by atoms with E-state index in [2.05, 4.69) is 34.0 Å². The fraction of sp³-hybridized carbons (Fsp3) is 0.714. The van der Waals surface area contributed by atoms with Crippen molar-refractivity contribution >= 4 is 11.6 Å². The van der Waals surface area contributed by atoms with E-state index in [4.69, 9.17) is 0 Å². The second kappa shape index (κ2) is 6.57. The molecule has 1 aliphatic rings. The van der Waals surface area contributed by atoms with Gasteiger partial charge in [-0.25, -0.2) is 4.98 Å². The first kappa shape index (κ1) is 13.1. The van der Waals surface area contributed by atoms with Crippen molar-refractivity contribution in [3.8, 4) is 0 Å². The lowest BCUT2D eigenvalue weighted by atomic mass is 10.3. The van der Waals surface area contributed by atoms with Crippen LogP contribution in [0.2, 0.25) is 0 Å². The molecule has 2 rings (SSSR count). The summed E-state index contributed by atoms with van der Waals surface area (Å²) < 4.78 is 0. The predicted molar refractivity (Wildman–Crippen MR) is 76.1 cm³/mol. The van der Waals surface area contributed by atoms with Gasteiger partial charge >= 0.3 is 0 Å². The lowest BCUT2D eigenvalue weighted by Crippen LogP contribution is -2.28. The van der Waals surface area contributed by atoms with Gasteiger partial charge in [0.15, 0.2) is 0 Å². The molecule has 1 aliphatic carbocycles. The Morgan fingerprint density at radius 2 is 2.11 bits per heavy atom. The second-order valence-corrected chi connectivity index (χ2v) is 4.97. The summed E-state index contributed by atoms with van der Waals surface area (Å²) >= 11 is 0. The van der Waals surface area contributed by atoms with E-state index in [0.29, 0.717) is 6.04 Å². The summed E-state index contributed by atoms with van der Waals surface area (Å²) in [5.74, 6) is 1.93. The fourth-order valence-electron chi connectivity index (χ4n) is 2.03. The monoisotopic (exact) mass is 248 g/mol. The Hall–Kier alpha value is -1.32. The maximum Gasteiger partial charge on any atom is 0.149 e. The molecule has 1 heterocycles. The Morgan fingerprint density at radius 1 is 1.28 bits per heavy atom. The van der Waals surface area contributed by atoms with Crippen molar-refractivity contribution in [1.82, 2.24) is 9.97 Å². The van der Waals surface area contributed by atoms with Crippen LogP contribution < -0.4 is 10.2 Å². The third-order valence-electron chi connectivity index (χ3n) is 3.21. The highest BCUT2D eigenvalue weighted by molar-refractivity contribution is 5.45. The van der Waals surface area contributed by atoms with Gasteiger partial charge in [-0.3, -0.25) is 4.98 Å². The molecule has 4 heteroatoms. The van der Waals surface area contributed by atoms with E-state index in [1.54, 1.807) is 0 Å². The summed E-state index contributed by atoms with van der Waals surface area (Å²) in [6, 6.07) is 0.701. The van der Waals surface area contributed by atoms with E-state index >= 15 is 0 Å². The van der Waals surface area contributed by atoms with Crippen molar-refractivity contribution in [3.05, 3.63) is 12.4 Å². The molecule has 0 aromatic carbocycles. The first-order chi connectivity index (χ1) is 8.85. The van der Waals surface area contributed by atoms with Gasteiger partial charge in [0.25, 0.3) is 0 Å². The molecule has 18 heavy (non-hydrogen) atoms. The van der Waals surface area contributed by atoms with Crippen LogP contribution in [-0.4, -0.2) is 29.1 Å². The van der Waals surface area contributed by atoms with Crippen molar-refractivity contribution in [1.29, 1.82) is 0 Å². The van der Waals surface area contributed by atoms with Crippen LogP contribution in [0.25, 0.3) is 0 Å². The number of anilines is 2. The van der Waals surface area contributed by atoms with Crippen LogP contribution in [0, 0.1) is 0 Å². The van der Waals surface area contributed by atoms with E-state index in [1.807, 2.05) is 12.4 Å². The quantitative estimate of drug-likeness (QED) is 0.767. The Morgan fingerprint density at radius 3 is 2.78 bits per heavy atom. The zero-order valence-electron chi connectivity index (χ0n) is 11.5. The van der Waals surface area contributed by atoms with Gasteiger partial charge in [-0.1, -0.05) is 20.3 Å². The van der Waals surface area contributed by atoms with E-state index in [1.165, 1.54) is 25.7 Å². The van der Waals surface area contributed by atoms with Crippen molar-refractivity contribution < 1.29 is 0 Å². The van der Waals surface area contributed by atoms with Gasteiger partial charge in [-0.05, 0) is 25.7 Å². The van der Waals surface area contributed by atoms with Gasteiger partial charge in [0.2, 0.25) is 0 Å². The van der Waals surface area contributed by atoms with Crippen LogP contribution in [0.3, 0.4) is 0 Å². The number of nitrogens with zero attached hydrogens (tertiary/aromatic N) is 3. The summed E-state index contributed by atoms with van der Waals surface area (Å²) in [5.41, 5.74) is 0. The average Bonchev–Trinajstić information content (AvgIpc) is 3.22. The molecule has 0 amide bonds. The Balaban J connectivity index is 2.03. The number of rotatable bonds is 8. The van der Waals surface area contributed by atoms with Gasteiger partial charge in [0, 0.05) is 19.1 Å². The smallest absolute Gasteiger partial charge is 0.149 e. The van der Waals surface area contributed by atoms with Gasteiger partial charge in [0.05, 0.1) is 12.4 Å². The maximum atomic E-state index is 4.68. The zero-order valence-corrected chi connectivity index (χ0v) is 11.5. The van der Waals surface area contributed by atoms with Gasteiger partial charge in [0.1, 0.15) is 11.6 Å². The third-order valence-corrected chi connectivity index (χ3v) is 3.21. The van der Waals surface area contributed by atoms with E-state index < -0.39 is 0 Å². The molecule has 0 atom stereocenters. The van der Waals surface area contributed by atoms with Crippen molar-refractivity contribution in [2.45, 2.75) is 52.0 Å². The van der Waals surface area contributed by atoms with E-state index in [0.717, 1.165) is 31.1 Å². The molecule has 1 N–H and O–H groups in total. The van der Waals surface area contributed by atoms with Crippen LogP contribution >= 0.6 is 0 Å². The standard InChI is InChI=1S/C14H24N4/c1-3-5-9-18(12-6-7-12)14-11-15-10-13(17-14)16-8-4-2/h10-12H,3-9H2,1-2H3,(H,16,17). The average molecular weight is 248 g/mol. The van der Waals surface area contributed by atoms with Crippen LogP contribution in [0.15, 0.2) is 12.4 Å². The predicted octanol–water partition coefficient (Wildman–Crippen LogP) is 3.07. The summed E-state index contributed by atoms with van der Waals surface area (Å²) in [7, 11) is 0. The van der Waals surface area contributed by atoms with Crippen LogP contribution in [0.1, 0.15) is 46.0 Å². The number of hydrogen-bond donors (Lipinski definition) is 1. The molecule has 1 aromatic heterocycles. The first-order valence-electron chi connectivity index (χ1n) is 7.17. The minimum absolute atomic E-state index is 0.701. The van der Waals surface area contributed by atoms with E-state index in [9.17, 15) is 0 Å². The number of hydrogen-bond acceptors (Lipinski definition) is 4. The molecule has 0 saturated heterocycles. The van der Waals surface area contributed by atoms with Gasteiger partial charge < -0.3 is 10.2 Å². The molecular weight excluding hydrogens is 224 g/mol. The Bertz CT molecular complexity index is 363. The first-order valence-corrected chi connectivity index (χ1v) is 7.17. The lowest BCUT2D eigenvalue weighted by Gasteiger charge is -2.23. The Kier molecular flexibility index (Phi) is 4.79. The number of nitrogens with one attached hydrogen (secondary N) is 1. The Labute approximate surface area is 110 Å². The fourth-order valence-corrected chi connectivity index (χ4v) is 2.03.